The van der Waals surface area contributed by atoms with Crippen molar-refractivity contribution in [1.29, 1.82) is 0 Å². The zero-order chi connectivity index (χ0) is 16.0. The zero-order valence-corrected chi connectivity index (χ0v) is 10.5. The van der Waals surface area contributed by atoms with Gasteiger partial charge >= 0.3 is 18.0 Å². The van der Waals surface area contributed by atoms with Crippen LogP contribution in [0.2, 0.25) is 0 Å². The number of nitro benzene ring substituents is 1. The maximum Gasteiger partial charge on any atom is 0.326 e. The lowest BCUT2D eigenvalue weighted by atomic mass is 10.2. The smallest absolute Gasteiger partial charge is 0.326 e. The van der Waals surface area contributed by atoms with Crippen molar-refractivity contribution < 1.29 is 29.5 Å². The van der Waals surface area contributed by atoms with E-state index in [9.17, 15) is 24.5 Å². The van der Waals surface area contributed by atoms with E-state index in [4.69, 9.17) is 10.2 Å². The van der Waals surface area contributed by atoms with E-state index in [0.717, 1.165) is 6.07 Å². The van der Waals surface area contributed by atoms with Crippen LogP contribution in [0, 0.1) is 10.1 Å². The number of amides is 2. The number of hydrogen-bond donors (Lipinski definition) is 4. The topological polar surface area (TPSA) is 159 Å². The number of nitro groups is 1. The average molecular weight is 297 g/mol. The summed E-state index contributed by atoms with van der Waals surface area (Å²) in [6.45, 7) is 0. The van der Waals surface area contributed by atoms with E-state index in [0.29, 0.717) is 0 Å². The number of carbonyl (C=O) groups is 3. The number of urea groups is 1. The van der Waals surface area contributed by atoms with E-state index in [2.05, 4.69) is 5.32 Å². The molecule has 21 heavy (non-hydrogen) atoms. The zero-order valence-electron chi connectivity index (χ0n) is 10.5. The van der Waals surface area contributed by atoms with Gasteiger partial charge in [0.25, 0.3) is 5.69 Å². The van der Waals surface area contributed by atoms with E-state index < -0.39 is 35.4 Å². The van der Waals surface area contributed by atoms with Gasteiger partial charge in [0.1, 0.15) is 6.04 Å². The predicted octanol–water partition coefficient (Wildman–Crippen LogP) is 0.644. The molecule has 112 valence electrons. The summed E-state index contributed by atoms with van der Waals surface area (Å²) in [5.41, 5.74) is -0.186. The molecule has 1 aromatic carbocycles. The molecule has 10 heteroatoms. The van der Waals surface area contributed by atoms with Gasteiger partial charge in [-0.15, -0.1) is 0 Å². The fraction of sp³-hybridized carbons (Fsp3) is 0.182. The minimum Gasteiger partial charge on any atom is -0.481 e. The summed E-state index contributed by atoms with van der Waals surface area (Å²) in [6.07, 6.45) is -0.794. The Bertz CT molecular complexity index is 587. The molecule has 10 nitrogen and oxygen atoms in total. The number of carboxylic acids is 2. The Morgan fingerprint density at radius 3 is 2.48 bits per heavy atom. The molecular formula is C11H11N3O7. The second kappa shape index (κ2) is 6.84. The molecule has 1 aromatic rings. The van der Waals surface area contributed by atoms with E-state index in [1.807, 2.05) is 5.32 Å². The lowest BCUT2D eigenvalue weighted by Gasteiger charge is -2.13. The second-order valence-corrected chi connectivity index (χ2v) is 3.89. The van der Waals surface area contributed by atoms with Gasteiger partial charge in [-0.2, -0.15) is 0 Å². The van der Waals surface area contributed by atoms with Crippen molar-refractivity contribution in [2.24, 2.45) is 0 Å². The van der Waals surface area contributed by atoms with Gasteiger partial charge in [0, 0.05) is 17.8 Å². The fourth-order valence-electron chi connectivity index (χ4n) is 1.40. The van der Waals surface area contributed by atoms with Crippen molar-refractivity contribution in [1.82, 2.24) is 5.32 Å². The van der Waals surface area contributed by atoms with Gasteiger partial charge in [0.2, 0.25) is 0 Å². The summed E-state index contributed by atoms with van der Waals surface area (Å²) in [5, 5.41) is 32.0. The number of anilines is 1. The molecule has 0 heterocycles. The van der Waals surface area contributed by atoms with Crippen LogP contribution in [-0.4, -0.2) is 39.1 Å². The van der Waals surface area contributed by atoms with Crippen LogP contribution in [0.25, 0.3) is 0 Å². The first-order valence-corrected chi connectivity index (χ1v) is 5.56. The third kappa shape index (κ3) is 5.14. The average Bonchev–Trinajstić information content (AvgIpc) is 2.37. The number of rotatable bonds is 6. The van der Waals surface area contributed by atoms with Crippen molar-refractivity contribution >= 4 is 29.3 Å². The first-order chi connectivity index (χ1) is 9.79. The number of benzene rings is 1. The molecule has 0 bridgehead atoms. The highest BCUT2D eigenvalue weighted by Gasteiger charge is 2.23. The first kappa shape index (κ1) is 15.9. The first-order valence-electron chi connectivity index (χ1n) is 5.56. The molecule has 0 aliphatic heterocycles. The lowest BCUT2D eigenvalue weighted by Crippen LogP contribution is -2.44. The molecule has 0 unspecified atom stereocenters. The predicted molar refractivity (Wildman–Crippen MR) is 68.9 cm³/mol. The molecular weight excluding hydrogens is 286 g/mol. The fourth-order valence-corrected chi connectivity index (χ4v) is 1.40. The Morgan fingerprint density at radius 1 is 1.29 bits per heavy atom. The number of nitrogens with zero attached hydrogens (tertiary/aromatic N) is 1. The second-order valence-electron chi connectivity index (χ2n) is 3.89. The Labute approximate surface area is 117 Å². The quantitative estimate of drug-likeness (QED) is 0.443. The number of carboxylic acid groups (broad SMARTS) is 2. The third-order valence-electron chi connectivity index (χ3n) is 2.30. The molecule has 0 radical (unpaired) electrons. The molecule has 0 aliphatic rings. The summed E-state index contributed by atoms with van der Waals surface area (Å²) in [5.74, 6) is -2.90. The van der Waals surface area contributed by atoms with Crippen LogP contribution in [0.4, 0.5) is 16.2 Å². The van der Waals surface area contributed by atoms with Crippen LogP contribution in [0.5, 0.6) is 0 Å². The van der Waals surface area contributed by atoms with Crippen molar-refractivity contribution in [3.8, 4) is 0 Å². The number of aliphatic carboxylic acids is 2. The maximum atomic E-state index is 11.5. The number of nitrogens with one attached hydrogen (secondary N) is 2. The summed E-state index contributed by atoms with van der Waals surface area (Å²) >= 11 is 0. The monoisotopic (exact) mass is 297 g/mol. The summed E-state index contributed by atoms with van der Waals surface area (Å²) in [4.78, 5) is 42.7. The Morgan fingerprint density at radius 2 is 1.95 bits per heavy atom. The van der Waals surface area contributed by atoms with Gasteiger partial charge in [0.05, 0.1) is 11.3 Å². The summed E-state index contributed by atoms with van der Waals surface area (Å²) in [6, 6.07) is 2.39. The van der Waals surface area contributed by atoms with Crippen molar-refractivity contribution in [3.05, 3.63) is 34.4 Å². The standard InChI is InChI=1S/C11H11N3O7/c15-9(16)5-8(10(17)18)13-11(19)12-6-2-1-3-7(4-6)14(20)21/h1-4,8H,5H2,(H,15,16)(H,17,18)(H2,12,13,19)/t8-/m1/s1. The molecule has 0 saturated carbocycles. The van der Waals surface area contributed by atoms with E-state index in [1.165, 1.54) is 18.2 Å². The highest BCUT2D eigenvalue weighted by molar-refractivity contribution is 5.93. The van der Waals surface area contributed by atoms with Crippen molar-refractivity contribution in [2.75, 3.05) is 5.32 Å². The van der Waals surface area contributed by atoms with E-state index >= 15 is 0 Å². The molecule has 0 aromatic heterocycles. The number of hydrogen-bond acceptors (Lipinski definition) is 5. The normalized spacial score (nSPS) is 11.2. The molecule has 0 spiro atoms. The third-order valence-corrected chi connectivity index (χ3v) is 2.30. The van der Waals surface area contributed by atoms with Gasteiger partial charge < -0.3 is 20.8 Å². The molecule has 0 saturated heterocycles. The van der Waals surface area contributed by atoms with Crippen LogP contribution in [0.1, 0.15) is 6.42 Å². The number of non-ortho nitro benzene ring substituents is 1. The van der Waals surface area contributed by atoms with Gasteiger partial charge in [-0.05, 0) is 6.07 Å². The molecule has 2 amide bonds. The largest absolute Gasteiger partial charge is 0.481 e. The summed E-state index contributed by atoms with van der Waals surface area (Å²) in [7, 11) is 0. The summed E-state index contributed by atoms with van der Waals surface area (Å²) < 4.78 is 0. The van der Waals surface area contributed by atoms with Crippen LogP contribution in [0.15, 0.2) is 24.3 Å². The van der Waals surface area contributed by atoms with E-state index in [-0.39, 0.29) is 11.4 Å². The van der Waals surface area contributed by atoms with E-state index in [1.54, 1.807) is 0 Å². The van der Waals surface area contributed by atoms with Crippen LogP contribution in [-0.2, 0) is 9.59 Å². The van der Waals surface area contributed by atoms with Crippen molar-refractivity contribution in [3.63, 3.8) is 0 Å². The highest BCUT2D eigenvalue weighted by Crippen LogP contribution is 2.16. The Kier molecular flexibility index (Phi) is 5.17. The van der Waals surface area contributed by atoms with Crippen LogP contribution in [0.3, 0.4) is 0 Å². The number of carbonyl (C=O) groups excluding carboxylic acids is 1. The Hall–Kier alpha value is -3.17. The molecule has 0 fully saturated rings. The van der Waals surface area contributed by atoms with Crippen molar-refractivity contribution in [2.45, 2.75) is 12.5 Å². The van der Waals surface area contributed by atoms with Gasteiger partial charge in [-0.1, -0.05) is 6.07 Å². The minimum absolute atomic E-state index is 0.0705. The molecule has 1 rings (SSSR count). The van der Waals surface area contributed by atoms with Crippen LogP contribution < -0.4 is 10.6 Å². The SMILES string of the molecule is O=C(O)C[C@@H](NC(=O)Nc1cccc([N+](=O)[O-])c1)C(=O)O. The molecule has 0 aliphatic carbocycles. The lowest BCUT2D eigenvalue weighted by molar-refractivity contribution is -0.384. The minimum atomic E-state index is -1.61. The van der Waals surface area contributed by atoms with Crippen LogP contribution >= 0.6 is 0 Å². The highest BCUT2D eigenvalue weighted by atomic mass is 16.6. The molecule has 1 atom stereocenters. The van der Waals surface area contributed by atoms with Gasteiger partial charge in [0.15, 0.2) is 0 Å². The molecule has 4 N–H and O–H groups in total. The Balaban J connectivity index is 2.72. The van der Waals surface area contributed by atoms with Gasteiger partial charge in [-0.25, -0.2) is 9.59 Å². The maximum absolute atomic E-state index is 11.5. The van der Waals surface area contributed by atoms with Gasteiger partial charge in [-0.3, -0.25) is 14.9 Å².